The summed E-state index contributed by atoms with van der Waals surface area (Å²) in [6.45, 7) is 6.19. The van der Waals surface area contributed by atoms with Gasteiger partial charge in [0.05, 0.1) is 10.7 Å². The normalized spacial score (nSPS) is 10.8. The second-order valence-electron chi connectivity index (χ2n) is 6.95. The van der Waals surface area contributed by atoms with Gasteiger partial charge in [-0.15, -0.1) is 0 Å². The zero-order valence-corrected chi connectivity index (χ0v) is 17.1. The molecule has 3 rings (SSSR count). The van der Waals surface area contributed by atoms with Crippen LogP contribution in [0, 0.1) is 20.8 Å². The number of rotatable bonds is 4. The van der Waals surface area contributed by atoms with Crippen molar-refractivity contribution in [3.05, 3.63) is 91.9 Å². The average Bonchev–Trinajstić information content (AvgIpc) is 2.64. The third-order valence-corrected chi connectivity index (χ3v) is 4.96. The SMILES string of the molecule is Cc1ccc(CN(C)C(=O)c2nn(-c3ccccc3Cl)c(C)cc2=O)c(C)c1. The van der Waals surface area contributed by atoms with Crippen LogP contribution in [0.3, 0.4) is 0 Å². The van der Waals surface area contributed by atoms with Crippen LogP contribution < -0.4 is 5.43 Å². The maximum atomic E-state index is 12.9. The second kappa shape index (κ2) is 7.98. The van der Waals surface area contributed by atoms with E-state index >= 15 is 0 Å². The summed E-state index contributed by atoms with van der Waals surface area (Å²) in [5.41, 5.74) is 3.98. The first-order valence-electron chi connectivity index (χ1n) is 8.95. The van der Waals surface area contributed by atoms with Gasteiger partial charge in [-0.05, 0) is 44.0 Å². The minimum atomic E-state index is -0.425. The molecule has 0 unspecified atom stereocenters. The third kappa shape index (κ3) is 3.99. The molecule has 5 nitrogen and oxygen atoms in total. The Morgan fingerprint density at radius 3 is 2.50 bits per heavy atom. The number of aromatic nitrogens is 2. The van der Waals surface area contributed by atoms with Crippen LogP contribution in [0.15, 0.2) is 53.3 Å². The van der Waals surface area contributed by atoms with Crippen molar-refractivity contribution in [2.24, 2.45) is 0 Å². The zero-order chi connectivity index (χ0) is 20.4. The molecule has 0 fully saturated rings. The molecule has 0 spiro atoms. The Bertz CT molecular complexity index is 1110. The molecule has 28 heavy (non-hydrogen) atoms. The molecule has 1 heterocycles. The molecule has 0 aliphatic rings. The van der Waals surface area contributed by atoms with Crippen LogP contribution in [-0.4, -0.2) is 27.6 Å². The summed E-state index contributed by atoms with van der Waals surface area (Å²) in [7, 11) is 1.67. The third-order valence-electron chi connectivity index (χ3n) is 4.64. The Balaban J connectivity index is 1.96. The van der Waals surface area contributed by atoms with Crippen molar-refractivity contribution in [1.29, 1.82) is 0 Å². The van der Waals surface area contributed by atoms with Crippen LogP contribution in [0.25, 0.3) is 5.69 Å². The fourth-order valence-corrected chi connectivity index (χ4v) is 3.31. The summed E-state index contributed by atoms with van der Waals surface area (Å²) < 4.78 is 1.53. The highest BCUT2D eigenvalue weighted by molar-refractivity contribution is 6.32. The molecule has 6 heteroatoms. The van der Waals surface area contributed by atoms with Crippen molar-refractivity contribution >= 4 is 17.5 Å². The van der Waals surface area contributed by atoms with Crippen LogP contribution in [0.1, 0.15) is 32.9 Å². The van der Waals surface area contributed by atoms with Crippen molar-refractivity contribution < 1.29 is 4.79 Å². The van der Waals surface area contributed by atoms with Crippen molar-refractivity contribution in [3.8, 4) is 5.69 Å². The van der Waals surface area contributed by atoms with Crippen molar-refractivity contribution in [1.82, 2.24) is 14.7 Å². The molecule has 0 N–H and O–H groups in total. The first-order chi connectivity index (χ1) is 13.3. The monoisotopic (exact) mass is 395 g/mol. The van der Waals surface area contributed by atoms with Crippen LogP contribution >= 0.6 is 11.6 Å². The Morgan fingerprint density at radius 1 is 1.11 bits per heavy atom. The molecule has 0 aliphatic heterocycles. The predicted molar refractivity (Wildman–Crippen MR) is 111 cm³/mol. The fraction of sp³-hybridized carbons (Fsp3) is 0.227. The minimum Gasteiger partial charge on any atom is -0.336 e. The Kier molecular flexibility index (Phi) is 5.66. The summed E-state index contributed by atoms with van der Waals surface area (Å²) in [5.74, 6) is -0.425. The molecule has 1 amide bonds. The van der Waals surface area contributed by atoms with Crippen LogP contribution in [0.2, 0.25) is 5.02 Å². The molecule has 0 radical (unpaired) electrons. The van der Waals surface area contributed by atoms with E-state index in [1.54, 1.807) is 26.1 Å². The lowest BCUT2D eigenvalue weighted by Gasteiger charge is -2.19. The first-order valence-corrected chi connectivity index (χ1v) is 9.33. The van der Waals surface area contributed by atoms with E-state index in [9.17, 15) is 9.59 Å². The van der Waals surface area contributed by atoms with E-state index in [-0.39, 0.29) is 5.69 Å². The lowest BCUT2D eigenvalue weighted by atomic mass is 10.1. The number of benzene rings is 2. The highest BCUT2D eigenvalue weighted by Crippen LogP contribution is 2.20. The van der Waals surface area contributed by atoms with Gasteiger partial charge in [0.2, 0.25) is 5.43 Å². The van der Waals surface area contributed by atoms with E-state index in [1.807, 2.05) is 38.1 Å². The van der Waals surface area contributed by atoms with E-state index in [1.165, 1.54) is 15.6 Å². The minimum absolute atomic E-state index is 0.127. The quantitative estimate of drug-likeness (QED) is 0.668. The van der Waals surface area contributed by atoms with Gasteiger partial charge >= 0.3 is 0 Å². The fourth-order valence-electron chi connectivity index (χ4n) is 3.09. The number of nitrogens with zero attached hydrogens (tertiary/aromatic N) is 3. The summed E-state index contributed by atoms with van der Waals surface area (Å²) in [6.07, 6.45) is 0. The molecule has 1 aromatic heterocycles. The van der Waals surface area contributed by atoms with Gasteiger partial charge in [0.25, 0.3) is 5.91 Å². The number of halogens is 1. The van der Waals surface area contributed by atoms with Crippen LogP contribution in [-0.2, 0) is 6.54 Å². The summed E-state index contributed by atoms with van der Waals surface area (Å²) in [6, 6.07) is 14.7. The number of hydrogen-bond donors (Lipinski definition) is 0. The number of para-hydroxylation sites is 1. The Labute approximate surface area is 169 Å². The number of aryl methyl sites for hydroxylation is 3. The number of amides is 1. The summed E-state index contributed by atoms with van der Waals surface area (Å²) in [5, 5.41) is 4.82. The largest absolute Gasteiger partial charge is 0.336 e. The lowest BCUT2D eigenvalue weighted by Crippen LogP contribution is -2.33. The average molecular weight is 396 g/mol. The first kappa shape index (κ1) is 19.8. The molecular weight excluding hydrogens is 374 g/mol. The number of hydrogen-bond acceptors (Lipinski definition) is 3. The molecule has 0 saturated heterocycles. The molecular formula is C22H22ClN3O2. The van der Waals surface area contributed by atoms with E-state index in [4.69, 9.17) is 11.6 Å². The molecule has 144 valence electrons. The van der Waals surface area contributed by atoms with E-state index < -0.39 is 11.3 Å². The van der Waals surface area contributed by atoms with Gasteiger partial charge in [0.15, 0.2) is 5.69 Å². The Morgan fingerprint density at radius 2 is 1.82 bits per heavy atom. The van der Waals surface area contributed by atoms with E-state index in [2.05, 4.69) is 11.2 Å². The van der Waals surface area contributed by atoms with Gasteiger partial charge in [0.1, 0.15) is 0 Å². The van der Waals surface area contributed by atoms with Gasteiger partial charge < -0.3 is 4.90 Å². The van der Waals surface area contributed by atoms with Crippen LogP contribution in [0.4, 0.5) is 0 Å². The van der Waals surface area contributed by atoms with Gasteiger partial charge in [-0.25, -0.2) is 4.68 Å². The highest BCUT2D eigenvalue weighted by Gasteiger charge is 2.20. The van der Waals surface area contributed by atoms with Gasteiger partial charge in [0, 0.05) is 25.4 Å². The van der Waals surface area contributed by atoms with Crippen molar-refractivity contribution in [3.63, 3.8) is 0 Å². The number of carbonyl (C=O) groups is 1. The van der Waals surface area contributed by atoms with Gasteiger partial charge in [-0.1, -0.05) is 47.5 Å². The van der Waals surface area contributed by atoms with Crippen molar-refractivity contribution in [2.75, 3.05) is 7.05 Å². The van der Waals surface area contributed by atoms with E-state index in [0.29, 0.717) is 22.9 Å². The maximum Gasteiger partial charge on any atom is 0.278 e. The maximum absolute atomic E-state index is 12.9. The van der Waals surface area contributed by atoms with Gasteiger partial charge in [-0.2, -0.15) is 5.10 Å². The number of carbonyl (C=O) groups excluding carboxylic acids is 1. The zero-order valence-electron chi connectivity index (χ0n) is 16.4. The molecule has 2 aromatic carbocycles. The Hall–Kier alpha value is -2.92. The predicted octanol–water partition coefficient (Wildman–Crippen LogP) is 4.08. The van der Waals surface area contributed by atoms with Gasteiger partial charge in [-0.3, -0.25) is 9.59 Å². The lowest BCUT2D eigenvalue weighted by molar-refractivity contribution is 0.0775. The molecule has 0 bridgehead atoms. The second-order valence-corrected chi connectivity index (χ2v) is 7.36. The molecule has 0 atom stereocenters. The van der Waals surface area contributed by atoms with E-state index in [0.717, 1.165) is 16.7 Å². The topological polar surface area (TPSA) is 55.2 Å². The molecule has 3 aromatic rings. The molecule has 0 saturated carbocycles. The summed E-state index contributed by atoms with van der Waals surface area (Å²) >= 11 is 6.27. The summed E-state index contributed by atoms with van der Waals surface area (Å²) in [4.78, 5) is 26.9. The highest BCUT2D eigenvalue weighted by atomic mass is 35.5. The smallest absolute Gasteiger partial charge is 0.278 e. The molecule has 0 aliphatic carbocycles. The van der Waals surface area contributed by atoms with Crippen LogP contribution in [0.5, 0.6) is 0 Å². The standard InChI is InChI=1S/C22H22ClN3O2/c1-14-9-10-17(15(2)11-14)13-25(4)22(28)21-20(27)12-16(3)26(24-21)19-8-6-5-7-18(19)23/h5-12H,13H2,1-4H3. The van der Waals surface area contributed by atoms with Crippen molar-refractivity contribution in [2.45, 2.75) is 27.3 Å².